The molecule has 1 aliphatic heterocycles. The number of aromatic nitrogens is 1. The highest BCUT2D eigenvalue weighted by Crippen LogP contribution is 2.47. The zero-order valence-electron chi connectivity index (χ0n) is 13.2. The molecule has 0 aliphatic carbocycles. The van der Waals surface area contributed by atoms with Crippen molar-refractivity contribution in [3.63, 3.8) is 0 Å². The average Bonchev–Trinajstić information content (AvgIpc) is 2.59. The number of nitrogens with two attached hydrogens (primary N) is 1. The van der Waals surface area contributed by atoms with Gasteiger partial charge in [-0.3, -0.25) is 16.3 Å². The minimum absolute atomic E-state index is 0.0166. The average molecular weight is 277 g/mol. The maximum Gasteiger partial charge on any atom is 0.0691 e. The topological polar surface area (TPSA) is 60.2 Å². The molecule has 2 atom stereocenters. The fourth-order valence-electron chi connectivity index (χ4n) is 3.54. The molecular formula is C16H27N3O. The summed E-state index contributed by atoms with van der Waals surface area (Å²) >= 11 is 0. The van der Waals surface area contributed by atoms with Gasteiger partial charge in [0.05, 0.1) is 22.9 Å². The summed E-state index contributed by atoms with van der Waals surface area (Å²) in [5.41, 5.74) is 4.95. The minimum atomic E-state index is -0.219. The predicted molar refractivity (Wildman–Crippen MR) is 81.0 cm³/mol. The molecule has 1 aliphatic rings. The second-order valence-electron chi connectivity index (χ2n) is 6.82. The molecule has 1 aromatic heterocycles. The maximum atomic E-state index is 6.20. The van der Waals surface area contributed by atoms with Crippen LogP contribution in [0.3, 0.4) is 0 Å². The van der Waals surface area contributed by atoms with Crippen molar-refractivity contribution in [1.82, 2.24) is 10.4 Å². The van der Waals surface area contributed by atoms with Crippen LogP contribution in [0.2, 0.25) is 0 Å². The van der Waals surface area contributed by atoms with Crippen LogP contribution in [0.25, 0.3) is 0 Å². The van der Waals surface area contributed by atoms with Crippen LogP contribution < -0.4 is 11.3 Å². The normalized spacial score (nSPS) is 25.6. The molecule has 1 fully saturated rings. The van der Waals surface area contributed by atoms with Crippen molar-refractivity contribution in [3.05, 3.63) is 29.6 Å². The third-order valence-electron chi connectivity index (χ3n) is 4.33. The van der Waals surface area contributed by atoms with E-state index in [-0.39, 0.29) is 17.2 Å². The van der Waals surface area contributed by atoms with Crippen molar-refractivity contribution in [2.45, 2.75) is 64.7 Å². The summed E-state index contributed by atoms with van der Waals surface area (Å²) < 4.78 is 6.20. The first-order chi connectivity index (χ1) is 9.30. The lowest BCUT2D eigenvalue weighted by atomic mass is 9.79. The van der Waals surface area contributed by atoms with Gasteiger partial charge in [-0.05, 0) is 52.2 Å². The van der Waals surface area contributed by atoms with E-state index in [0.717, 1.165) is 18.5 Å². The lowest BCUT2D eigenvalue weighted by Crippen LogP contribution is -2.42. The van der Waals surface area contributed by atoms with Crippen molar-refractivity contribution in [2.75, 3.05) is 0 Å². The summed E-state index contributed by atoms with van der Waals surface area (Å²) in [6.07, 6.45) is 3.76. The number of aryl methyl sites for hydroxylation is 1. The van der Waals surface area contributed by atoms with Crippen LogP contribution in [-0.2, 0) is 11.2 Å². The fourth-order valence-corrected chi connectivity index (χ4v) is 3.54. The van der Waals surface area contributed by atoms with Gasteiger partial charge in [0.2, 0.25) is 0 Å². The molecule has 0 saturated carbocycles. The number of rotatable bonds is 4. The Labute approximate surface area is 122 Å². The number of hydrogen-bond acceptors (Lipinski definition) is 4. The van der Waals surface area contributed by atoms with E-state index < -0.39 is 0 Å². The van der Waals surface area contributed by atoms with Gasteiger partial charge < -0.3 is 4.74 Å². The van der Waals surface area contributed by atoms with E-state index in [1.165, 1.54) is 5.56 Å². The smallest absolute Gasteiger partial charge is 0.0691 e. The minimum Gasteiger partial charge on any atom is -0.369 e. The largest absolute Gasteiger partial charge is 0.369 e. The molecule has 0 aromatic carbocycles. The first-order valence-corrected chi connectivity index (χ1v) is 7.41. The zero-order valence-corrected chi connectivity index (χ0v) is 13.2. The number of ether oxygens (including phenoxy) is 1. The van der Waals surface area contributed by atoms with Gasteiger partial charge in [-0.1, -0.05) is 13.0 Å². The van der Waals surface area contributed by atoms with Gasteiger partial charge in [-0.25, -0.2) is 0 Å². The molecule has 2 rings (SSSR count). The predicted octanol–water partition coefficient (Wildman–Crippen LogP) is 2.74. The Balaban J connectivity index is 2.38. The SMILES string of the molecule is CCc1cccnc1C(NN)C1CC(C)(C)OC1(C)C. The van der Waals surface area contributed by atoms with Gasteiger partial charge >= 0.3 is 0 Å². The molecule has 0 radical (unpaired) electrons. The summed E-state index contributed by atoms with van der Waals surface area (Å²) in [6.45, 7) is 10.7. The Morgan fingerprint density at radius 3 is 2.65 bits per heavy atom. The van der Waals surface area contributed by atoms with E-state index in [1.54, 1.807) is 0 Å². The molecule has 20 heavy (non-hydrogen) atoms. The Hall–Kier alpha value is -0.970. The van der Waals surface area contributed by atoms with Gasteiger partial charge in [0, 0.05) is 12.1 Å². The van der Waals surface area contributed by atoms with Crippen LogP contribution in [0.15, 0.2) is 18.3 Å². The first kappa shape index (κ1) is 15.4. The lowest BCUT2D eigenvalue weighted by molar-refractivity contribution is -0.0780. The number of hydrazine groups is 1. The highest BCUT2D eigenvalue weighted by molar-refractivity contribution is 5.24. The molecular weight excluding hydrogens is 250 g/mol. The molecule has 112 valence electrons. The maximum absolute atomic E-state index is 6.20. The Morgan fingerprint density at radius 2 is 2.15 bits per heavy atom. The van der Waals surface area contributed by atoms with E-state index in [0.29, 0.717) is 5.92 Å². The second kappa shape index (κ2) is 5.43. The molecule has 2 unspecified atom stereocenters. The summed E-state index contributed by atoms with van der Waals surface area (Å²) in [4.78, 5) is 4.58. The number of pyridine rings is 1. The van der Waals surface area contributed by atoms with Gasteiger partial charge in [0.25, 0.3) is 0 Å². The van der Waals surface area contributed by atoms with E-state index in [1.807, 2.05) is 12.3 Å². The summed E-state index contributed by atoms with van der Waals surface area (Å²) in [6, 6.07) is 4.12. The summed E-state index contributed by atoms with van der Waals surface area (Å²) in [7, 11) is 0. The fraction of sp³-hybridized carbons (Fsp3) is 0.688. The van der Waals surface area contributed by atoms with E-state index >= 15 is 0 Å². The molecule has 4 heteroatoms. The molecule has 0 bridgehead atoms. The number of nitrogens with one attached hydrogen (secondary N) is 1. The van der Waals surface area contributed by atoms with Crippen LogP contribution in [0.5, 0.6) is 0 Å². The molecule has 1 saturated heterocycles. The molecule has 0 spiro atoms. The van der Waals surface area contributed by atoms with Gasteiger partial charge in [0.15, 0.2) is 0 Å². The third-order valence-corrected chi connectivity index (χ3v) is 4.33. The molecule has 2 heterocycles. The number of nitrogens with zero attached hydrogens (tertiary/aromatic N) is 1. The van der Waals surface area contributed by atoms with E-state index in [2.05, 4.69) is 51.1 Å². The van der Waals surface area contributed by atoms with E-state index in [4.69, 9.17) is 10.6 Å². The van der Waals surface area contributed by atoms with Crippen molar-refractivity contribution < 1.29 is 4.74 Å². The Kier molecular flexibility index (Phi) is 4.19. The zero-order chi connectivity index (χ0) is 15.0. The van der Waals surface area contributed by atoms with Gasteiger partial charge in [-0.15, -0.1) is 0 Å². The summed E-state index contributed by atoms with van der Waals surface area (Å²) in [5, 5.41) is 0. The standard InChI is InChI=1S/C16H27N3O/c1-6-11-8-7-9-18-13(11)14(19-17)12-10-15(2,3)20-16(12,4)5/h7-9,12,14,19H,6,10,17H2,1-5H3. The van der Waals surface area contributed by atoms with Crippen molar-refractivity contribution >= 4 is 0 Å². The highest BCUT2D eigenvalue weighted by Gasteiger charge is 2.49. The number of hydrogen-bond donors (Lipinski definition) is 2. The highest BCUT2D eigenvalue weighted by atomic mass is 16.5. The Bertz CT molecular complexity index is 471. The van der Waals surface area contributed by atoms with Crippen LogP contribution in [0.4, 0.5) is 0 Å². The second-order valence-corrected chi connectivity index (χ2v) is 6.82. The summed E-state index contributed by atoms with van der Waals surface area (Å²) in [5.74, 6) is 6.17. The van der Waals surface area contributed by atoms with Crippen LogP contribution >= 0.6 is 0 Å². The third kappa shape index (κ3) is 2.87. The molecule has 1 aromatic rings. The van der Waals surface area contributed by atoms with Crippen molar-refractivity contribution in [3.8, 4) is 0 Å². The van der Waals surface area contributed by atoms with Crippen LogP contribution in [0, 0.1) is 5.92 Å². The monoisotopic (exact) mass is 277 g/mol. The molecule has 0 amide bonds. The van der Waals surface area contributed by atoms with Gasteiger partial charge in [0.1, 0.15) is 0 Å². The van der Waals surface area contributed by atoms with Crippen LogP contribution in [0.1, 0.15) is 58.3 Å². The molecule has 3 N–H and O–H groups in total. The molecule has 4 nitrogen and oxygen atoms in total. The van der Waals surface area contributed by atoms with Crippen molar-refractivity contribution in [1.29, 1.82) is 0 Å². The quantitative estimate of drug-likeness (QED) is 0.656. The lowest BCUT2D eigenvalue weighted by Gasteiger charge is -2.33. The first-order valence-electron chi connectivity index (χ1n) is 7.41. The Morgan fingerprint density at radius 1 is 1.45 bits per heavy atom. The van der Waals surface area contributed by atoms with Crippen molar-refractivity contribution in [2.24, 2.45) is 11.8 Å². The van der Waals surface area contributed by atoms with Crippen LogP contribution in [-0.4, -0.2) is 16.2 Å². The van der Waals surface area contributed by atoms with Gasteiger partial charge in [-0.2, -0.15) is 0 Å². The van der Waals surface area contributed by atoms with E-state index in [9.17, 15) is 0 Å².